The van der Waals surface area contributed by atoms with Crippen LogP contribution in [-0.4, -0.2) is 53.5 Å². The third-order valence-electron chi connectivity index (χ3n) is 5.31. The number of ether oxygens (including phenoxy) is 1. The number of likely N-dealkylation sites (tertiary alicyclic amines) is 1. The first kappa shape index (κ1) is 21.8. The smallest absolute Gasteiger partial charge is 0.248 e. The van der Waals surface area contributed by atoms with Gasteiger partial charge in [-0.1, -0.05) is 0 Å². The molecule has 1 aliphatic rings. The molecule has 0 saturated carbocycles. The van der Waals surface area contributed by atoms with Gasteiger partial charge in [-0.2, -0.15) is 0 Å². The first-order chi connectivity index (χ1) is 14.4. The molecule has 3 rings (SSSR count). The van der Waals surface area contributed by atoms with Crippen molar-refractivity contribution in [2.45, 2.75) is 39.0 Å². The Labute approximate surface area is 175 Å². The van der Waals surface area contributed by atoms with Gasteiger partial charge >= 0.3 is 0 Å². The number of rotatable bonds is 6. The minimum Gasteiger partial charge on any atom is -0.375 e. The van der Waals surface area contributed by atoms with E-state index in [1.54, 1.807) is 4.90 Å². The van der Waals surface area contributed by atoms with Crippen molar-refractivity contribution in [2.24, 2.45) is 0 Å². The second-order valence-electron chi connectivity index (χ2n) is 7.57. The highest BCUT2D eigenvalue weighted by Gasteiger charge is 2.27. The molecule has 0 spiro atoms. The van der Waals surface area contributed by atoms with Gasteiger partial charge in [0.2, 0.25) is 11.8 Å². The maximum Gasteiger partial charge on any atom is 0.248 e. The highest BCUT2D eigenvalue weighted by atomic mass is 19.1. The fourth-order valence-electron chi connectivity index (χ4n) is 3.73. The van der Waals surface area contributed by atoms with E-state index < -0.39 is 0 Å². The Morgan fingerprint density at radius 1 is 1.20 bits per heavy atom. The number of piperidine rings is 1. The minimum atomic E-state index is -0.353. The maximum absolute atomic E-state index is 13.0. The number of amides is 2. The zero-order valence-electron chi connectivity index (χ0n) is 17.6. The number of halogens is 1. The summed E-state index contributed by atoms with van der Waals surface area (Å²) in [5, 5.41) is 2.76. The Hall–Kier alpha value is -2.87. The van der Waals surface area contributed by atoms with E-state index in [9.17, 15) is 14.0 Å². The zero-order valence-corrected chi connectivity index (χ0v) is 17.6. The molecule has 1 N–H and O–H groups in total. The standard InChI is InChI=1S/C22H27FN4O3/c1-14-19(11-20(28)26-18-8-6-17(23)7-9-18)15(2)25-22(24-14)16-5-4-10-27(12-16)21(29)13-30-3/h6-9,16H,4-5,10-13H2,1-3H3,(H,26,28)/t16-/m0/s1. The molecule has 1 aliphatic heterocycles. The number of aromatic nitrogens is 2. The summed E-state index contributed by atoms with van der Waals surface area (Å²) in [7, 11) is 1.51. The van der Waals surface area contributed by atoms with E-state index in [0.717, 1.165) is 36.3 Å². The fraction of sp³-hybridized carbons (Fsp3) is 0.455. The Bertz CT molecular complexity index is 894. The second-order valence-corrected chi connectivity index (χ2v) is 7.57. The van der Waals surface area contributed by atoms with Crippen molar-refractivity contribution < 1.29 is 18.7 Å². The molecule has 8 heteroatoms. The number of hydrogen-bond donors (Lipinski definition) is 1. The van der Waals surface area contributed by atoms with E-state index >= 15 is 0 Å². The molecule has 160 valence electrons. The van der Waals surface area contributed by atoms with Crippen LogP contribution < -0.4 is 5.32 Å². The van der Waals surface area contributed by atoms with Crippen LogP contribution in [0, 0.1) is 19.7 Å². The van der Waals surface area contributed by atoms with Crippen LogP contribution in [0.1, 0.15) is 41.5 Å². The van der Waals surface area contributed by atoms with Gasteiger partial charge in [-0.25, -0.2) is 14.4 Å². The third kappa shape index (κ3) is 5.38. The lowest BCUT2D eigenvalue weighted by molar-refractivity contribution is -0.136. The van der Waals surface area contributed by atoms with E-state index in [2.05, 4.69) is 15.3 Å². The highest BCUT2D eigenvalue weighted by molar-refractivity contribution is 5.92. The SMILES string of the molecule is COCC(=O)N1CCC[C@H](c2nc(C)c(CC(=O)Nc3ccc(F)cc3)c(C)n2)C1. The average molecular weight is 414 g/mol. The molecule has 2 heterocycles. The van der Waals surface area contributed by atoms with Gasteiger partial charge in [0.05, 0.1) is 6.42 Å². The van der Waals surface area contributed by atoms with E-state index in [1.165, 1.54) is 31.4 Å². The molecule has 1 atom stereocenters. The Morgan fingerprint density at radius 2 is 1.87 bits per heavy atom. The first-order valence-electron chi connectivity index (χ1n) is 10.0. The summed E-state index contributed by atoms with van der Waals surface area (Å²) in [6.45, 7) is 5.11. The average Bonchev–Trinajstić information content (AvgIpc) is 2.72. The molecule has 0 radical (unpaired) electrons. The summed E-state index contributed by atoms with van der Waals surface area (Å²) in [4.78, 5) is 35.7. The molecule has 1 saturated heterocycles. The van der Waals surface area contributed by atoms with Crippen LogP contribution in [0.2, 0.25) is 0 Å². The minimum absolute atomic E-state index is 0.0234. The lowest BCUT2D eigenvalue weighted by Crippen LogP contribution is -2.41. The number of carbonyl (C=O) groups is 2. The van der Waals surface area contributed by atoms with Crippen LogP contribution in [0.25, 0.3) is 0 Å². The summed E-state index contributed by atoms with van der Waals surface area (Å²) in [6, 6.07) is 5.64. The van der Waals surface area contributed by atoms with E-state index in [0.29, 0.717) is 18.1 Å². The molecule has 2 aromatic rings. The number of benzene rings is 1. The van der Waals surface area contributed by atoms with Gasteiger partial charge in [-0.15, -0.1) is 0 Å². The van der Waals surface area contributed by atoms with Gasteiger partial charge in [0.1, 0.15) is 18.2 Å². The van der Waals surface area contributed by atoms with Gasteiger partial charge in [0.25, 0.3) is 0 Å². The Morgan fingerprint density at radius 3 is 2.50 bits per heavy atom. The number of hydrogen-bond acceptors (Lipinski definition) is 5. The molecule has 1 fully saturated rings. The van der Waals surface area contributed by atoms with Gasteiger partial charge < -0.3 is 15.0 Å². The van der Waals surface area contributed by atoms with Crippen molar-refractivity contribution in [3.63, 3.8) is 0 Å². The number of carbonyl (C=O) groups excluding carboxylic acids is 2. The molecule has 0 bridgehead atoms. The Balaban J connectivity index is 1.69. The summed E-state index contributed by atoms with van der Waals surface area (Å²) in [5.74, 6) is 0.193. The van der Waals surface area contributed by atoms with Crippen molar-refractivity contribution in [2.75, 3.05) is 32.1 Å². The summed E-state index contributed by atoms with van der Waals surface area (Å²) in [5.41, 5.74) is 2.83. The fourth-order valence-corrected chi connectivity index (χ4v) is 3.73. The van der Waals surface area contributed by atoms with E-state index in [-0.39, 0.29) is 36.6 Å². The lowest BCUT2D eigenvalue weighted by atomic mass is 9.96. The Kier molecular flexibility index (Phi) is 7.10. The molecule has 7 nitrogen and oxygen atoms in total. The first-order valence-corrected chi connectivity index (χ1v) is 10.0. The quantitative estimate of drug-likeness (QED) is 0.786. The van der Waals surface area contributed by atoms with Crippen molar-refractivity contribution >= 4 is 17.5 Å². The van der Waals surface area contributed by atoms with Crippen molar-refractivity contribution in [1.29, 1.82) is 0 Å². The number of aryl methyl sites for hydroxylation is 2. The van der Waals surface area contributed by atoms with Gasteiger partial charge in [0, 0.05) is 48.8 Å². The zero-order chi connectivity index (χ0) is 21.7. The van der Waals surface area contributed by atoms with Gasteiger partial charge in [-0.3, -0.25) is 9.59 Å². The molecule has 1 aromatic heterocycles. The van der Waals surface area contributed by atoms with Crippen molar-refractivity contribution in [3.05, 3.63) is 52.9 Å². The molecule has 0 unspecified atom stereocenters. The normalized spacial score (nSPS) is 16.4. The van der Waals surface area contributed by atoms with Crippen molar-refractivity contribution in [1.82, 2.24) is 14.9 Å². The molecule has 1 aromatic carbocycles. The molecular weight excluding hydrogens is 387 g/mol. The van der Waals surface area contributed by atoms with Crippen LogP contribution in [0.4, 0.5) is 10.1 Å². The molecule has 0 aliphatic carbocycles. The van der Waals surface area contributed by atoms with Crippen LogP contribution >= 0.6 is 0 Å². The van der Waals surface area contributed by atoms with E-state index in [4.69, 9.17) is 4.74 Å². The van der Waals surface area contributed by atoms with Crippen LogP contribution in [-0.2, 0) is 20.7 Å². The maximum atomic E-state index is 13.0. The van der Waals surface area contributed by atoms with Crippen LogP contribution in [0.15, 0.2) is 24.3 Å². The molecule has 30 heavy (non-hydrogen) atoms. The number of anilines is 1. The topological polar surface area (TPSA) is 84.4 Å². The number of nitrogens with zero attached hydrogens (tertiary/aromatic N) is 3. The van der Waals surface area contributed by atoms with Gasteiger partial charge in [-0.05, 0) is 51.0 Å². The summed E-state index contributed by atoms with van der Waals surface area (Å²) in [6.07, 6.45) is 1.95. The number of methoxy groups -OCH3 is 1. The molecule has 2 amide bonds. The van der Waals surface area contributed by atoms with Gasteiger partial charge in [0.15, 0.2) is 0 Å². The summed E-state index contributed by atoms with van der Waals surface area (Å²) < 4.78 is 18.0. The predicted molar refractivity (Wildman–Crippen MR) is 111 cm³/mol. The van der Waals surface area contributed by atoms with Crippen LogP contribution in [0.3, 0.4) is 0 Å². The third-order valence-corrected chi connectivity index (χ3v) is 5.31. The second kappa shape index (κ2) is 9.75. The largest absolute Gasteiger partial charge is 0.375 e. The predicted octanol–water partition coefficient (Wildman–Crippen LogP) is 2.77. The number of nitrogens with one attached hydrogen (secondary N) is 1. The monoisotopic (exact) mass is 414 g/mol. The highest BCUT2D eigenvalue weighted by Crippen LogP contribution is 2.26. The van der Waals surface area contributed by atoms with E-state index in [1.807, 2.05) is 13.8 Å². The lowest BCUT2D eigenvalue weighted by Gasteiger charge is -2.32. The molecular formula is C22H27FN4O3. The van der Waals surface area contributed by atoms with Crippen LogP contribution in [0.5, 0.6) is 0 Å². The van der Waals surface area contributed by atoms with Crippen molar-refractivity contribution in [3.8, 4) is 0 Å². The summed E-state index contributed by atoms with van der Waals surface area (Å²) >= 11 is 0.